The number of nitrogens with one attached hydrogen (secondary N) is 1. The Morgan fingerprint density at radius 1 is 1.47 bits per heavy atom. The van der Waals surface area contributed by atoms with E-state index in [1.165, 1.54) is 0 Å². The van der Waals surface area contributed by atoms with E-state index in [0.29, 0.717) is 5.02 Å². The molecule has 1 rings (SSSR count). The lowest BCUT2D eigenvalue weighted by molar-refractivity contribution is 0.0535. The Bertz CT molecular complexity index is 526. The predicted octanol–water partition coefficient (Wildman–Crippen LogP) is 3.98. The van der Waals surface area contributed by atoms with Crippen LogP contribution in [0.4, 0.5) is 4.79 Å². The van der Waals surface area contributed by atoms with Crippen LogP contribution >= 0.6 is 27.5 Å². The molecular weight excluding hydrogens is 330 g/mol. The minimum atomic E-state index is -0.503. The second-order valence-electron chi connectivity index (χ2n) is 4.79. The first-order valence-corrected chi connectivity index (χ1v) is 6.86. The second-order valence-corrected chi connectivity index (χ2v) is 6.05. The van der Waals surface area contributed by atoms with Crippen molar-refractivity contribution >= 4 is 33.6 Å². The molecular formula is C14H15BrClNO2. The minimum absolute atomic E-state index is 0.225. The molecule has 0 aliphatic rings. The number of hydrogen-bond donors (Lipinski definition) is 1. The average Bonchev–Trinajstić information content (AvgIpc) is 2.27. The number of carbonyl (C=O) groups excluding carboxylic acids is 1. The molecule has 19 heavy (non-hydrogen) atoms. The highest BCUT2D eigenvalue weighted by molar-refractivity contribution is 9.10. The van der Waals surface area contributed by atoms with Gasteiger partial charge in [0, 0.05) is 10.0 Å². The van der Waals surface area contributed by atoms with Crippen LogP contribution < -0.4 is 5.32 Å². The van der Waals surface area contributed by atoms with Crippen molar-refractivity contribution in [3.63, 3.8) is 0 Å². The van der Waals surface area contributed by atoms with Gasteiger partial charge in [0.15, 0.2) is 0 Å². The first kappa shape index (κ1) is 15.9. The Kier molecular flexibility index (Phi) is 5.71. The van der Waals surface area contributed by atoms with Crippen LogP contribution in [0.1, 0.15) is 26.3 Å². The molecule has 0 radical (unpaired) electrons. The van der Waals surface area contributed by atoms with Crippen molar-refractivity contribution in [1.82, 2.24) is 5.32 Å². The van der Waals surface area contributed by atoms with Gasteiger partial charge in [-0.1, -0.05) is 23.4 Å². The highest BCUT2D eigenvalue weighted by Crippen LogP contribution is 2.22. The summed E-state index contributed by atoms with van der Waals surface area (Å²) in [6.45, 7) is 5.65. The number of carbonyl (C=O) groups is 1. The quantitative estimate of drug-likeness (QED) is 0.783. The number of amides is 1. The smallest absolute Gasteiger partial charge is 0.408 e. The molecule has 5 heteroatoms. The molecule has 0 saturated heterocycles. The molecule has 0 aliphatic carbocycles. The Labute approximate surface area is 126 Å². The van der Waals surface area contributed by atoms with Crippen LogP contribution in [0, 0.1) is 11.8 Å². The van der Waals surface area contributed by atoms with E-state index < -0.39 is 11.7 Å². The zero-order chi connectivity index (χ0) is 14.5. The molecule has 0 unspecified atom stereocenters. The molecule has 0 aliphatic heterocycles. The number of rotatable bonds is 1. The van der Waals surface area contributed by atoms with Gasteiger partial charge in [0.25, 0.3) is 0 Å². The molecule has 0 bridgehead atoms. The van der Waals surface area contributed by atoms with E-state index >= 15 is 0 Å². The third-order valence-corrected chi connectivity index (χ3v) is 3.10. The highest BCUT2D eigenvalue weighted by atomic mass is 79.9. The molecule has 102 valence electrons. The van der Waals surface area contributed by atoms with E-state index in [4.69, 9.17) is 16.3 Å². The van der Waals surface area contributed by atoms with Crippen LogP contribution in [0.15, 0.2) is 22.7 Å². The highest BCUT2D eigenvalue weighted by Gasteiger charge is 2.14. The van der Waals surface area contributed by atoms with Crippen molar-refractivity contribution in [3.05, 3.63) is 33.3 Å². The van der Waals surface area contributed by atoms with E-state index in [0.717, 1.165) is 10.0 Å². The first-order chi connectivity index (χ1) is 8.78. The molecule has 0 saturated carbocycles. The molecule has 0 fully saturated rings. The van der Waals surface area contributed by atoms with Crippen LogP contribution in [-0.2, 0) is 4.74 Å². The molecule has 1 N–H and O–H groups in total. The molecule has 3 nitrogen and oxygen atoms in total. The lowest BCUT2D eigenvalue weighted by Crippen LogP contribution is -2.32. The van der Waals surface area contributed by atoms with Gasteiger partial charge in [0.2, 0.25) is 0 Å². The van der Waals surface area contributed by atoms with Gasteiger partial charge in [-0.05, 0) is 54.9 Å². The summed E-state index contributed by atoms with van der Waals surface area (Å²) in [6, 6.07) is 5.43. The molecule has 1 amide bonds. The summed E-state index contributed by atoms with van der Waals surface area (Å²) in [5.74, 6) is 5.73. The van der Waals surface area contributed by atoms with Crippen molar-refractivity contribution in [2.45, 2.75) is 26.4 Å². The zero-order valence-electron chi connectivity index (χ0n) is 11.0. The maximum absolute atomic E-state index is 11.3. The predicted molar refractivity (Wildman–Crippen MR) is 80.3 cm³/mol. The SMILES string of the molecule is CC(C)(C)OC(=O)NCC#Cc1ccc(Br)c(Cl)c1. The number of halogens is 2. The summed E-state index contributed by atoms with van der Waals surface area (Å²) in [5.41, 5.74) is 0.288. The standard InChI is InChI=1S/C14H15BrClNO2/c1-14(2,3)19-13(18)17-8-4-5-10-6-7-11(15)12(16)9-10/h6-7,9H,8H2,1-3H3,(H,17,18). The monoisotopic (exact) mass is 343 g/mol. The van der Waals surface area contributed by atoms with Gasteiger partial charge in [-0.2, -0.15) is 0 Å². The summed E-state index contributed by atoms with van der Waals surface area (Å²) in [4.78, 5) is 11.3. The number of ether oxygens (including phenoxy) is 1. The number of benzene rings is 1. The van der Waals surface area contributed by atoms with E-state index in [9.17, 15) is 4.79 Å². The summed E-state index contributed by atoms with van der Waals surface area (Å²) < 4.78 is 5.91. The van der Waals surface area contributed by atoms with E-state index in [2.05, 4.69) is 33.1 Å². The van der Waals surface area contributed by atoms with Crippen molar-refractivity contribution in [2.75, 3.05) is 6.54 Å². The fraction of sp³-hybridized carbons (Fsp3) is 0.357. The largest absolute Gasteiger partial charge is 0.444 e. The summed E-state index contributed by atoms with van der Waals surface area (Å²) in [5, 5.41) is 3.16. The molecule has 0 spiro atoms. The van der Waals surface area contributed by atoms with Gasteiger partial charge in [-0.25, -0.2) is 4.79 Å². The van der Waals surface area contributed by atoms with E-state index in [1.807, 2.05) is 32.9 Å². The third-order valence-electron chi connectivity index (χ3n) is 1.87. The number of alkyl carbamates (subject to hydrolysis) is 1. The van der Waals surface area contributed by atoms with Gasteiger partial charge >= 0.3 is 6.09 Å². The maximum atomic E-state index is 11.3. The minimum Gasteiger partial charge on any atom is -0.444 e. The normalized spacial score (nSPS) is 10.4. The van der Waals surface area contributed by atoms with Gasteiger partial charge < -0.3 is 10.1 Å². The lowest BCUT2D eigenvalue weighted by Gasteiger charge is -2.18. The topological polar surface area (TPSA) is 38.3 Å². The fourth-order valence-electron chi connectivity index (χ4n) is 1.15. The van der Waals surface area contributed by atoms with Crippen LogP contribution in [0.25, 0.3) is 0 Å². The molecule has 0 atom stereocenters. The first-order valence-electron chi connectivity index (χ1n) is 5.69. The molecule has 1 aromatic carbocycles. The van der Waals surface area contributed by atoms with Crippen LogP contribution in [0.5, 0.6) is 0 Å². The summed E-state index contributed by atoms with van der Waals surface area (Å²) in [6.07, 6.45) is -0.476. The Hall–Kier alpha value is -1.18. The van der Waals surface area contributed by atoms with E-state index in [-0.39, 0.29) is 6.54 Å². The van der Waals surface area contributed by atoms with Crippen LogP contribution in [-0.4, -0.2) is 18.2 Å². The lowest BCUT2D eigenvalue weighted by atomic mass is 10.2. The zero-order valence-corrected chi connectivity index (χ0v) is 13.4. The van der Waals surface area contributed by atoms with Gasteiger partial charge in [-0.15, -0.1) is 0 Å². The summed E-state index contributed by atoms with van der Waals surface area (Å²) >= 11 is 9.25. The summed E-state index contributed by atoms with van der Waals surface area (Å²) in [7, 11) is 0. The molecule has 0 heterocycles. The average molecular weight is 345 g/mol. The fourth-order valence-corrected chi connectivity index (χ4v) is 1.58. The van der Waals surface area contributed by atoms with Gasteiger partial charge in [-0.3, -0.25) is 0 Å². The van der Waals surface area contributed by atoms with Crippen molar-refractivity contribution in [2.24, 2.45) is 0 Å². The maximum Gasteiger partial charge on any atom is 0.408 e. The Balaban J connectivity index is 2.47. The van der Waals surface area contributed by atoms with Crippen LogP contribution in [0.2, 0.25) is 5.02 Å². The van der Waals surface area contributed by atoms with Crippen LogP contribution in [0.3, 0.4) is 0 Å². The van der Waals surface area contributed by atoms with Gasteiger partial charge in [0.05, 0.1) is 11.6 Å². The number of hydrogen-bond acceptors (Lipinski definition) is 2. The molecule has 1 aromatic rings. The Morgan fingerprint density at radius 3 is 2.74 bits per heavy atom. The third kappa shape index (κ3) is 6.51. The second kappa shape index (κ2) is 6.83. The molecule has 0 aromatic heterocycles. The van der Waals surface area contributed by atoms with E-state index in [1.54, 1.807) is 6.07 Å². The van der Waals surface area contributed by atoms with Gasteiger partial charge in [0.1, 0.15) is 5.60 Å². The van der Waals surface area contributed by atoms with Crippen molar-refractivity contribution in [3.8, 4) is 11.8 Å². The van der Waals surface area contributed by atoms with Crippen molar-refractivity contribution < 1.29 is 9.53 Å². The Morgan fingerprint density at radius 2 is 2.16 bits per heavy atom. The van der Waals surface area contributed by atoms with Crippen molar-refractivity contribution in [1.29, 1.82) is 0 Å².